The summed E-state index contributed by atoms with van der Waals surface area (Å²) in [5, 5.41) is 12.0. The van der Waals surface area contributed by atoms with Crippen LogP contribution in [-0.4, -0.2) is 24.2 Å². The summed E-state index contributed by atoms with van der Waals surface area (Å²) in [6, 6.07) is 11.1. The zero-order valence-corrected chi connectivity index (χ0v) is 11.0. The maximum atomic E-state index is 10.9. The molecule has 0 saturated heterocycles. The van der Waals surface area contributed by atoms with Gasteiger partial charge < -0.3 is 19.6 Å². The number of furan rings is 1. The maximum absolute atomic E-state index is 10.9. The molecule has 20 heavy (non-hydrogen) atoms. The average molecular weight is 275 g/mol. The summed E-state index contributed by atoms with van der Waals surface area (Å²) >= 11 is 0. The molecular formula is C15H17NO4. The lowest BCUT2D eigenvalue weighted by molar-refractivity contribution is 0.0694. The Hall–Kier alpha value is -2.27. The smallest absolute Gasteiger partial charge is 0.339 e. The largest absolute Gasteiger partial charge is 0.494 e. The first-order valence-electron chi connectivity index (χ1n) is 6.45. The van der Waals surface area contributed by atoms with Gasteiger partial charge in [-0.25, -0.2) is 4.79 Å². The second-order valence-electron chi connectivity index (χ2n) is 4.25. The molecule has 0 saturated carbocycles. The van der Waals surface area contributed by atoms with Crippen LogP contribution in [0.25, 0.3) is 0 Å². The Bertz CT molecular complexity index is 536. The number of carbonyl (C=O) groups is 1. The minimum absolute atomic E-state index is 0.207. The van der Waals surface area contributed by atoms with Crippen molar-refractivity contribution in [1.29, 1.82) is 0 Å². The number of carboxylic acid groups (broad SMARTS) is 1. The van der Waals surface area contributed by atoms with E-state index in [0.29, 0.717) is 18.9 Å². The van der Waals surface area contributed by atoms with Gasteiger partial charge in [0.05, 0.1) is 19.4 Å². The van der Waals surface area contributed by atoms with Crippen LogP contribution < -0.4 is 10.1 Å². The molecule has 0 spiro atoms. The Morgan fingerprint density at radius 1 is 1.25 bits per heavy atom. The van der Waals surface area contributed by atoms with Crippen molar-refractivity contribution in [2.24, 2.45) is 0 Å². The van der Waals surface area contributed by atoms with Crippen LogP contribution in [0.4, 0.5) is 0 Å². The molecule has 0 unspecified atom stereocenters. The van der Waals surface area contributed by atoms with Crippen LogP contribution in [0.3, 0.4) is 0 Å². The minimum Gasteiger partial charge on any atom is -0.494 e. The second-order valence-corrected chi connectivity index (χ2v) is 4.25. The van der Waals surface area contributed by atoms with Gasteiger partial charge in [0, 0.05) is 0 Å². The molecule has 5 nitrogen and oxygen atoms in total. The standard InChI is InChI=1S/C15H17NO4/c17-15(18)13-7-10-20-14(13)11-16-8-4-9-19-12-5-2-1-3-6-12/h1-3,5-7,10,16H,4,8-9,11H2,(H,17,18). The molecule has 0 amide bonds. The summed E-state index contributed by atoms with van der Waals surface area (Å²) in [5.74, 6) is 0.330. The second kappa shape index (κ2) is 7.35. The molecule has 0 aliphatic rings. The van der Waals surface area contributed by atoms with E-state index in [4.69, 9.17) is 14.3 Å². The van der Waals surface area contributed by atoms with E-state index in [2.05, 4.69) is 5.32 Å². The molecule has 106 valence electrons. The van der Waals surface area contributed by atoms with E-state index < -0.39 is 5.97 Å². The first-order valence-corrected chi connectivity index (χ1v) is 6.45. The molecule has 0 aliphatic carbocycles. The summed E-state index contributed by atoms with van der Waals surface area (Å²) in [5.41, 5.74) is 0.207. The highest BCUT2D eigenvalue weighted by atomic mass is 16.5. The number of benzene rings is 1. The van der Waals surface area contributed by atoms with Crippen molar-refractivity contribution in [3.05, 3.63) is 54.0 Å². The van der Waals surface area contributed by atoms with Crippen LogP contribution >= 0.6 is 0 Å². The van der Waals surface area contributed by atoms with Crippen molar-refractivity contribution >= 4 is 5.97 Å². The fraction of sp³-hybridized carbons (Fsp3) is 0.267. The molecule has 0 radical (unpaired) electrons. The van der Waals surface area contributed by atoms with Gasteiger partial charge in [0.2, 0.25) is 0 Å². The van der Waals surface area contributed by atoms with Gasteiger partial charge in [-0.05, 0) is 31.2 Å². The van der Waals surface area contributed by atoms with Crippen molar-refractivity contribution in [1.82, 2.24) is 5.32 Å². The Balaban J connectivity index is 1.62. The lowest BCUT2D eigenvalue weighted by Gasteiger charge is -2.06. The van der Waals surface area contributed by atoms with Crippen LogP contribution in [0, 0.1) is 0 Å². The highest BCUT2D eigenvalue weighted by Crippen LogP contribution is 2.10. The van der Waals surface area contributed by atoms with Gasteiger partial charge in [-0.1, -0.05) is 18.2 Å². The maximum Gasteiger partial charge on any atom is 0.339 e. The number of carboxylic acids is 1. The summed E-state index contributed by atoms with van der Waals surface area (Å²) in [6.07, 6.45) is 2.22. The Morgan fingerprint density at radius 2 is 2.05 bits per heavy atom. The summed E-state index contributed by atoms with van der Waals surface area (Å²) in [7, 11) is 0. The zero-order chi connectivity index (χ0) is 14.2. The Kier molecular flexibility index (Phi) is 5.20. The lowest BCUT2D eigenvalue weighted by atomic mass is 10.2. The number of aromatic carboxylic acids is 1. The molecule has 1 aromatic heterocycles. The number of para-hydroxylation sites is 1. The third-order valence-electron chi connectivity index (χ3n) is 2.77. The number of hydrogen-bond donors (Lipinski definition) is 2. The summed E-state index contributed by atoms with van der Waals surface area (Å²) < 4.78 is 10.7. The highest BCUT2D eigenvalue weighted by Gasteiger charge is 2.12. The molecule has 0 fully saturated rings. The Labute approximate surface area is 117 Å². The molecule has 0 bridgehead atoms. The van der Waals surface area contributed by atoms with Crippen LogP contribution in [-0.2, 0) is 6.54 Å². The molecule has 2 aromatic rings. The minimum atomic E-state index is -0.969. The number of rotatable bonds is 8. The fourth-order valence-electron chi connectivity index (χ4n) is 1.77. The van der Waals surface area contributed by atoms with Gasteiger partial charge >= 0.3 is 5.97 Å². The first kappa shape index (κ1) is 14.1. The van der Waals surface area contributed by atoms with Crippen molar-refractivity contribution < 1.29 is 19.1 Å². The van der Waals surface area contributed by atoms with Crippen LogP contribution in [0.1, 0.15) is 22.5 Å². The predicted octanol–water partition coefficient (Wildman–Crippen LogP) is 2.54. The molecule has 1 aromatic carbocycles. The van der Waals surface area contributed by atoms with E-state index in [-0.39, 0.29) is 5.56 Å². The van der Waals surface area contributed by atoms with E-state index in [0.717, 1.165) is 18.7 Å². The molecule has 0 aliphatic heterocycles. The quantitative estimate of drug-likeness (QED) is 0.724. The molecule has 2 N–H and O–H groups in total. The molecule has 0 atom stereocenters. The third kappa shape index (κ3) is 4.13. The van der Waals surface area contributed by atoms with Crippen molar-refractivity contribution in [3.63, 3.8) is 0 Å². The van der Waals surface area contributed by atoms with E-state index in [1.165, 1.54) is 12.3 Å². The summed E-state index contributed by atoms with van der Waals surface area (Å²) in [6.45, 7) is 1.74. The SMILES string of the molecule is O=C(O)c1ccoc1CNCCCOc1ccccc1. The first-order chi connectivity index (χ1) is 9.77. The van der Waals surface area contributed by atoms with Gasteiger partial charge in [-0.3, -0.25) is 0 Å². The van der Waals surface area contributed by atoms with Crippen LogP contribution in [0.15, 0.2) is 47.1 Å². The van der Waals surface area contributed by atoms with Crippen LogP contribution in [0.2, 0.25) is 0 Å². The fourth-order valence-corrected chi connectivity index (χ4v) is 1.77. The monoisotopic (exact) mass is 275 g/mol. The number of hydrogen-bond acceptors (Lipinski definition) is 4. The average Bonchev–Trinajstić information content (AvgIpc) is 2.92. The van der Waals surface area contributed by atoms with Gasteiger partial charge in [0.15, 0.2) is 0 Å². The van der Waals surface area contributed by atoms with Crippen LogP contribution in [0.5, 0.6) is 5.75 Å². The van der Waals surface area contributed by atoms with Gasteiger partial charge in [0.1, 0.15) is 17.1 Å². The van der Waals surface area contributed by atoms with Gasteiger partial charge in [-0.15, -0.1) is 0 Å². The molecular weight excluding hydrogens is 258 g/mol. The molecule has 2 rings (SSSR count). The Morgan fingerprint density at radius 3 is 2.80 bits per heavy atom. The van der Waals surface area contributed by atoms with Crippen molar-refractivity contribution in [3.8, 4) is 5.75 Å². The van der Waals surface area contributed by atoms with E-state index in [1.807, 2.05) is 30.3 Å². The van der Waals surface area contributed by atoms with E-state index in [1.54, 1.807) is 0 Å². The van der Waals surface area contributed by atoms with Gasteiger partial charge in [-0.2, -0.15) is 0 Å². The normalized spacial score (nSPS) is 10.4. The highest BCUT2D eigenvalue weighted by molar-refractivity contribution is 5.88. The van der Waals surface area contributed by atoms with Gasteiger partial charge in [0.25, 0.3) is 0 Å². The third-order valence-corrected chi connectivity index (χ3v) is 2.77. The van der Waals surface area contributed by atoms with Crippen molar-refractivity contribution in [2.75, 3.05) is 13.2 Å². The molecule has 5 heteroatoms. The van der Waals surface area contributed by atoms with E-state index >= 15 is 0 Å². The molecule has 1 heterocycles. The number of nitrogens with one attached hydrogen (secondary N) is 1. The van der Waals surface area contributed by atoms with Crippen molar-refractivity contribution in [2.45, 2.75) is 13.0 Å². The predicted molar refractivity (Wildman–Crippen MR) is 73.9 cm³/mol. The zero-order valence-electron chi connectivity index (χ0n) is 11.0. The summed E-state index contributed by atoms with van der Waals surface area (Å²) in [4.78, 5) is 10.9. The number of ether oxygens (including phenoxy) is 1. The lowest BCUT2D eigenvalue weighted by Crippen LogP contribution is -2.18. The topological polar surface area (TPSA) is 71.7 Å². The van der Waals surface area contributed by atoms with E-state index in [9.17, 15) is 4.79 Å².